The second-order valence-electron chi connectivity index (χ2n) is 5.40. The van der Waals surface area contributed by atoms with E-state index in [2.05, 4.69) is 0 Å². The molecule has 2 aromatic rings. The number of hydrogen-bond acceptors (Lipinski definition) is 4. The normalized spacial score (nSPS) is 21.9. The first-order valence-corrected chi connectivity index (χ1v) is 8.39. The molecule has 0 aliphatic heterocycles. The van der Waals surface area contributed by atoms with Gasteiger partial charge in [-0.3, -0.25) is 0 Å². The maximum atomic E-state index is 13.1. The van der Waals surface area contributed by atoms with Crippen LogP contribution in [-0.4, -0.2) is 13.7 Å². The Morgan fingerprint density at radius 3 is 2.04 bits per heavy atom. The Balaban J connectivity index is 2.10. The van der Waals surface area contributed by atoms with Crippen molar-refractivity contribution in [1.82, 2.24) is 0 Å². The summed E-state index contributed by atoms with van der Waals surface area (Å²) in [6.45, 7) is 0. The van der Waals surface area contributed by atoms with Gasteiger partial charge in [-0.25, -0.2) is 12.8 Å². The molecule has 0 amide bonds. The molecule has 2 atom stereocenters. The molecule has 0 bridgehead atoms. The van der Waals surface area contributed by atoms with Gasteiger partial charge in [-0.2, -0.15) is 10.5 Å². The minimum absolute atomic E-state index is 0.0736. The Morgan fingerprint density at radius 2 is 1.52 bits per heavy atom. The first kappa shape index (κ1) is 15.2. The van der Waals surface area contributed by atoms with E-state index in [4.69, 9.17) is 0 Å². The average molecular weight is 326 g/mol. The van der Waals surface area contributed by atoms with Gasteiger partial charge in [0.1, 0.15) is 11.1 Å². The van der Waals surface area contributed by atoms with E-state index >= 15 is 0 Å². The summed E-state index contributed by atoms with van der Waals surface area (Å²) >= 11 is 0. The summed E-state index contributed by atoms with van der Waals surface area (Å²) in [6, 6.07) is 16.7. The van der Waals surface area contributed by atoms with Gasteiger partial charge in [-0.1, -0.05) is 30.3 Å². The Morgan fingerprint density at radius 1 is 0.957 bits per heavy atom. The predicted molar refractivity (Wildman–Crippen MR) is 80.2 cm³/mol. The Bertz CT molecular complexity index is 911. The molecule has 6 heteroatoms. The van der Waals surface area contributed by atoms with Crippen LogP contribution in [0.15, 0.2) is 59.5 Å². The molecule has 2 unspecified atom stereocenters. The lowest BCUT2D eigenvalue weighted by Crippen LogP contribution is -2.14. The molecule has 23 heavy (non-hydrogen) atoms. The summed E-state index contributed by atoms with van der Waals surface area (Å²) in [5.41, 5.74) is -1.18. The minimum atomic E-state index is -3.84. The fourth-order valence-corrected chi connectivity index (χ4v) is 5.16. The van der Waals surface area contributed by atoms with Crippen LogP contribution in [0.1, 0.15) is 11.5 Å². The third-order valence-electron chi connectivity index (χ3n) is 4.14. The highest BCUT2D eigenvalue weighted by Gasteiger charge is 2.73. The van der Waals surface area contributed by atoms with Gasteiger partial charge in [-0.15, -0.1) is 0 Å². The maximum absolute atomic E-state index is 13.1. The molecule has 2 aromatic carbocycles. The summed E-state index contributed by atoms with van der Waals surface area (Å²) in [5.74, 6) is -1.25. The van der Waals surface area contributed by atoms with E-state index in [1.165, 1.54) is 36.4 Å². The molecule has 0 radical (unpaired) electrons. The quantitative estimate of drug-likeness (QED) is 0.868. The highest BCUT2D eigenvalue weighted by molar-refractivity contribution is 7.92. The van der Waals surface area contributed by atoms with E-state index in [1.807, 2.05) is 12.1 Å². The Hall–Kier alpha value is -2.70. The zero-order chi connectivity index (χ0) is 16.7. The third kappa shape index (κ3) is 2.19. The number of rotatable bonds is 3. The van der Waals surface area contributed by atoms with Crippen molar-refractivity contribution in [3.63, 3.8) is 0 Å². The largest absolute Gasteiger partial charge is 0.223 e. The van der Waals surface area contributed by atoms with Gasteiger partial charge in [0.2, 0.25) is 0 Å². The fraction of sp³-hybridized carbons (Fsp3) is 0.176. The lowest BCUT2D eigenvalue weighted by Gasteiger charge is -2.03. The molecule has 1 saturated carbocycles. The van der Waals surface area contributed by atoms with Crippen LogP contribution in [0.4, 0.5) is 4.39 Å². The molecule has 0 aromatic heterocycles. The number of nitrogens with zero attached hydrogens (tertiary/aromatic N) is 2. The van der Waals surface area contributed by atoms with E-state index in [0.717, 1.165) is 0 Å². The summed E-state index contributed by atoms with van der Waals surface area (Å²) in [6.07, 6.45) is 0. The maximum Gasteiger partial charge on any atom is 0.184 e. The summed E-state index contributed by atoms with van der Waals surface area (Å²) in [4.78, 5) is 0.0736. The number of nitriles is 2. The van der Waals surface area contributed by atoms with Crippen LogP contribution in [0.5, 0.6) is 0 Å². The molecule has 0 heterocycles. The number of benzene rings is 2. The topological polar surface area (TPSA) is 81.7 Å². The van der Waals surface area contributed by atoms with E-state index in [0.29, 0.717) is 5.56 Å². The van der Waals surface area contributed by atoms with Crippen molar-refractivity contribution in [2.24, 2.45) is 5.41 Å². The predicted octanol–water partition coefficient (Wildman–Crippen LogP) is 2.80. The van der Waals surface area contributed by atoms with Crippen molar-refractivity contribution in [3.05, 3.63) is 66.0 Å². The summed E-state index contributed by atoms with van der Waals surface area (Å²) < 4.78 is 38.7. The third-order valence-corrected chi connectivity index (χ3v) is 6.38. The van der Waals surface area contributed by atoms with Crippen LogP contribution in [0.3, 0.4) is 0 Å². The summed E-state index contributed by atoms with van der Waals surface area (Å²) in [7, 11) is -3.84. The molecule has 0 N–H and O–H groups in total. The highest BCUT2D eigenvalue weighted by atomic mass is 32.2. The van der Waals surface area contributed by atoms with Crippen LogP contribution in [0.25, 0.3) is 0 Å². The molecule has 4 nitrogen and oxygen atoms in total. The van der Waals surface area contributed by atoms with Crippen LogP contribution < -0.4 is 0 Å². The van der Waals surface area contributed by atoms with Crippen LogP contribution in [-0.2, 0) is 9.84 Å². The Kier molecular flexibility index (Phi) is 3.43. The molecule has 114 valence electrons. The highest BCUT2D eigenvalue weighted by Crippen LogP contribution is 2.63. The van der Waals surface area contributed by atoms with Gasteiger partial charge in [-0.05, 0) is 29.8 Å². The van der Waals surface area contributed by atoms with E-state index in [9.17, 15) is 23.3 Å². The molecular formula is C17H11FN2O2S. The zero-order valence-corrected chi connectivity index (χ0v) is 12.7. The van der Waals surface area contributed by atoms with Crippen molar-refractivity contribution >= 4 is 9.84 Å². The van der Waals surface area contributed by atoms with Crippen molar-refractivity contribution < 1.29 is 12.8 Å². The molecule has 1 aliphatic carbocycles. The molecular weight excluding hydrogens is 315 g/mol. The van der Waals surface area contributed by atoms with Gasteiger partial charge >= 0.3 is 0 Å². The Labute approximate surface area is 133 Å². The van der Waals surface area contributed by atoms with Gasteiger partial charge in [0, 0.05) is 5.92 Å². The monoisotopic (exact) mass is 326 g/mol. The van der Waals surface area contributed by atoms with Gasteiger partial charge in [0.15, 0.2) is 15.3 Å². The first-order chi connectivity index (χ1) is 11.0. The first-order valence-electron chi connectivity index (χ1n) is 6.84. The lowest BCUT2D eigenvalue weighted by molar-refractivity contribution is 0.591. The molecule has 1 fully saturated rings. The fourth-order valence-electron chi connectivity index (χ4n) is 2.94. The standard InChI is InChI=1S/C17H11FN2O2S/c18-13-8-6-12(7-9-13)15-16(17(15,10-19)11-20)23(21,22)14-4-2-1-3-5-14/h1-9,15-16H. The van der Waals surface area contributed by atoms with E-state index in [-0.39, 0.29) is 4.90 Å². The van der Waals surface area contributed by atoms with E-state index < -0.39 is 32.2 Å². The van der Waals surface area contributed by atoms with Gasteiger partial charge < -0.3 is 0 Å². The smallest absolute Gasteiger partial charge is 0.184 e. The number of hydrogen-bond donors (Lipinski definition) is 0. The minimum Gasteiger partial charge on any atom is -0.223 e. The van der Waals surface area contributed by atoms with Gasteiger partial charge in [0.25, 0.3) is 0 Å². The van der Waals surface area contributed by atoms with Crippen LogP contribution in [0, 0.1) is 33.9 Å². The van der Waals surface area contributed by atoms with Crippen molar-refractivity contribution in [2.45, 2.75) is 16.1 Å². The van der Waals surface area contributed by atoms with Crippen molar-refractivity contribution in [2.75, 3.05) is 0 Å². The zero-order valence-electron chi connectivity index (χ0n) is 11.8. The van der Waals surface area contributed by atoms with Crippen LogP contribution in [0.2, 0.25) is 0 Å². The number of halogens is 1. The van der Waals surface area contributed by atoms with Crippen molar-refractivity contribution in [3.8, 4) is 12.1 Å². The molecule has 0 saturated heterocycles. The van der Waals surface area contributed by atoms with Crippen LogP contribution >= 0.6 is 0 Å². The molecule has 1 aliphatic rings. The average Bonchev–Trinajstić information content (AvgIpc) is 3.27. The summed E-state index contributed by atoms with van der Waals surface area (Å²) in [5, 5.41) is 17.7. The second kappa shape index (κ2) is 5.19. The number of sulfone groups is 1. The second-order valence-corrected chi connectivity index (χ2v) is 7.47. The van der Waals surface area contributed by atoms with E-state index in [1.54, 1.807) is 18.2 Å². The molecule has 3 rings (SSSR count). The molecule has 0 spiro atoms. The SMILES string of the molecule is N#CC1(C#N)C(c2ccc(F)cc2)C1S(=O)(=O)c1ccccc1. The lowest BCUT2D eigenvalue weighted by atomic mass is 10.0. The van der Waals surface area contributed by atoms with Gasteiger partial charge in [0.05, 0.1) is 17.0 Å². The van der Waals surface area contributed by atoms with Crippen molar-refractivity contribution in [1.29, 1.82) is 10.5 Å².